The van der Waals surface area contributed by atoms with Crippen molar-refractivity contribution in [3.05, 3.63) is 12.1 Å². The number of nitrogens with two attached hydrogens (primary N) is 1. The summed E-state index contributed by atoms with van der Waals surface area (Å²) in [6, 6.07) is 3.20. The SMILES string of the molecule is COc1cc(N)c(NC(=O)N2CCCC(C)C2)cc1OC. The lowest BCUT2D eigenvalue weighted by Gasteiger charge is -2.31. The molecule has 0 spiro atoms. The van der Waals surface area contributed by atoms with Gasteiger partial charge in [-0.3, -0.25) is 0 Å². The Morgan fingerprint density at radius 3 is 2.62 bits per heavy atom. The van der Waals surface area contributed by atoms with Gasteiger partial charge in [0.1, 0.15) is 0 Å². The number of carbonyl (C=O) groups is 1. The first kappa shape index (κ1) is 15.3. The van der Waals surface area contributed by atoms with E-state index in [1.807, 2.05) is 4.90 Å². The van der Waals surface area contributed by atoms with E-state index in [1.165, 1.54) is 6.42 Å². The van der Waals surface area contributed by atoms with Crippen molar-refractivity contribution >= 4 is 17.4 Å². The maximum absolute atomic E-state index is 12.3. The summed E-state index contributed by atoms with van der Waals surface area (Å²) < 4.78 is 10.4. The third-order valence-corrected chi connectivity index (χ3v) is 3.74. The number of hydrogen-bond donors (Lipinski definition) is 2. The average Bonchev–Trinajstić information content (AvgIpc) is 2.48. The van der Waals surface area contributed by atoms with Gasteiger partial charge in [0.05, 0.1) is 25.6 Å². The summed E-state index contributed by atoms with van der Waals surface area (Å²) in [5, 5.41) is 2.85. The van der Waals surface area contributed by atoms with E-state index in [-0.39, 0.29) is 6.03 Å². The van der Waals surface area contributed by atoms with Crippen molar-refractivity contribution in [2.45, 2.75) is 19.8 Å². The van der Waals surface area contributed by atoms with Crippen LogP contribution >= 0.6 is 0 Å². The van der Waals surface area contributed by atoms with Crippen LogP contribution in [0.15, 0.2) is 12.1 Å². The molecular weight excluding hydrogens is 270 g/mol. The molecule has 0 aliphatic carbocycles. The minimum Gasteiger partial charge on any atom is -0.493 e. The number of piperidine rings is 1. The Bertz CT molecular complexity index is 519. The van der Waals surface area contributed by atoms with Gasteiger partial charge in [-0.25, -0.2) is 4.79 Å². The fourth-order valence-electron chi connectivity index (χ4n) is 2.57. The molecule has 2 amide bonds. The Labute approximate surface area is 125 Å². The van der Waals surface area contributed by atoms with E-state index in [9.17, 15) is 4.79 Å². The summed E-state index contributed by atoms with van der Waals surface area (Å²) >= 11 is 0. The predicted molar refractivity (Wildman–Crippen MR) is 82.9 cm³/mol. The van der Waals surface area contributed by atoms with Gasteiger partial charge in [0, 0.05) is 25.2 Å². The number of nitrogens with one attached hydrogen (secondary N) is 1. The first-order chi connectivity index (χ1) is 10.0. The van der Waals surface area contributed by atoms with Crippen molar-refractivity contribution < 1.29 is 14.3 Å². The molecule has 1 saturated heterocycles. The number of urea groups is 1. The zero-order chi connectivity index (χ0) is 15.4. The van der Waals surface area contributed by atoms with Crippen molar-refractivity contribution in [1.82, 2.24) is 4.90 Å². The van der Waals surface area contributed by atoms with E-state index in [1.54, 1.807) is 26.4 Å². The fourth-order valence-corrected chi connectivity index (χ4v) is 2.57. The number of amides is 2. The van der Waals surface area contributed by atoms with Crippen LogP contribution in [0.25, 0.3) is 0 Å². The number of ether oxygens (including phenoxy) is 2. The number of nitrogen functional groups attached to an aromatic ring is 1. The summed E-state index contributed by atoms with van der Waals surface area (Å²) in [6.45, 7) is 3.71. The quantitative estimate of drug-likeness (QED) is 0.840. The molecule has 6 heteroatoms. The fraction of sp³-hybridized carbons (Fsp3) is 0.533. The minimum atomic E-state index is -0.125. The van der Waals surface area contributed by atoms with Gasteiger partial charge < -0.3 is 25.4 Å². The average molecular weight is 293 g/mol. The van der Waals surface area contributed by atoms with Gasteiger partial charge in [0.25, 0.3) is 0 Å². The van der Waals surface area contributed by atoms with Gasteiger partial charge in [0.15, 0.2) is 11.5 Å². The zero-order valence-corrected chi connectivity index (χ0v) is 12.8. The Balaban J connectivity index is 2.13. The lowest BCUT2D eigenvalue weighted by atomic mass is 10.0. The van der Waals surface area contributed by atoms with Crippen LogP contribution in [-0.4, -0.2) is 38.2 Å². The molecule has 6 nitrogen and oxygen atoms in total. The molecule has 1 heterocycles. The molecule has 1 aromatic rings. The lowest BCUT2D eigenvalue weighted by molar-refractivity contribution is 0.182. The molecule has 0 radical (unpaired) electrons. The van der Waals surface area contributed by atoms with Crippen molar-refractivity contribution in [3.63, 3.8) is 0 Å². The molecule has 1 aliphatic heterocycles. The highest BCUT2D eigenvalue weighted by atomic mass is 16.5. The summed E-state index contributed by atoms with van der Waals surface area (Å²) in [4.78, 5) is 14.1. The highest BCUT2D eigenvalue weighted by molar-refractivity contribution is 5.93. The second-order valence-electron chi connectivity index (χ2n) is 5.42. The Hall–Kier alpha value is -2.11. The maximum Gasteiger partial charge on any atom is 0.321 e. The van der Waals surface area contributed by atoms with Crippen LogP contribution in [0.3, 0.4) is 0 Å². The monoisotopic (exact) mass is 293 g/mol. The number of carbonyl (C=O) groups excluding carboxylic acids is 1. The van der Waals surface area contributed by atoms with Crippen molar-refractivity contribution in [2.75, 3.05) is 38.4 Å². The Kier molecular flexibility index (Phi) is 4.77. The van der Waals surface area contributed by atoms with Crippen LogP contribution in [-0.2, 0) is 0 Å². The lowest BCUT2D eigenvalue weighted by Crippen LogP contribution is -2.41. The van der Waals surface area contributed by atoms with Crippen molar-refractivity contribution in [3.8, 4) is 11.5 Å². The Morgan fingerprint density at radius 1 is 1.33 bits per heavy atom. The third-order valence-electron chi connectivity index (χ3n) is 3.74. The van der Waals surface area contributed by atoms with Gasteiger partial charge >= 0.3 is 6.03 Å². The smallest absolute Gasteiger partial charge is 0.321 e. The van der Waals surface area contributed by atoms with E-state index in [0.29, 0.717) is 28.8 Å². The first-order valence-electron chi connectivity index (χ1n) is 7.12. The van der Waals surface area contributed by atoms with Crippen molar-refractivity contribution in [1.29, 1.82) is 0 Å². The molecule has 116 valence electrons. The number of methoxy groups -OCH3 is 2. The normalized spacial score (nSPS) is 18.2. The molecular formula is C15H23N3O3. The van der Waals surface area contributed by atoms with Gasteiger partial charge in [-0.2, -0.15) is 0 Å². The molecule has 1 unspecified atom stereocenters. The van der Waals surface area contributed by atoms with Crippen LogP contribution in [0, 0.1) is 5.92 Å². The highest BCUT2D eigenvalue weighted by Gasteiger charge is 2.22. The molecule has 1 fully saturated rings. The molecule has 1 atom stereocenters. The number of hydrogen-bond acceptors (Lipinski definition) is 4. The molecule has 2 rings (SSSR count). The second-order valence-corrected chi connectivity index (χ2v) is 5.42. The van der Waals surface area contributed by atoms with Gasteiger partial charge in [-0.15, -0.1) is 0 Å². The van der Waals surface area contributed by atoms with E-state index in [4.69, 9.17) is 15.2 Å². The van der Waals surface area contributed by atoms with Crippen LogP contribution in [0.1, 0.15) is 19.8 Å². The summed E-state index contributed by atoms with van der Waals surface area (Å²) in [5.74, 6) is 1.61. The van der Waals surface area contributed by atoms with Gasteiger partial charge in [-0.1, -0.05) is 6.92 Å². The van der Waals surface area contributed by atoms with E-state index >= 15 is 0 Å². The Morgan fingerprint density at radius 2 is 2.00 bits per heavy atom. The summed E-state index contributed by atoms with van der Waals surface area (Å²) in [7, 11) is 3.09. The van der Waals surface area contributed by atoms with Gasteiger partial charge in [-0.05, 0) is 18.8 Å². The topological polar surface area (TPSA) is 76.8 Å². The largest absolute Gasteiger partial charge is 0.493 e. The number of benzene rings is 1. The molecule has 0 bridgehead atoms. The van der Waals surface area contributed by atoms with Crippen molar-refractivity contribution in [2.24, 2.45) is 5.92 Å². The number of anilines is 2. The standard InChI is InChI=1S/C15H23N3O3/c1-10-5-4-6-18(9-10)15(19)17-12-8-14(21-3)13(20-2)7-11(12)16/h7-8,10H,4-6,9,16H2,1-3H3,(H,17,19). The number of rotatable bonds is 3. The second kappa shape index (κ2) is 6.56. The zero-order valence-electron chi connectivity index (χ0n) is 12.8. The first-order valence-corrected chi connectivity index (χ1v) is 7.12. The van der Waals surface area contributed by atoms with Crippen LogP contribution in [0.4, 0.5) is 16.2 Å². The number of nitrogens with zero attached hydrogens (tertiary/aromatic N) is 1. The molecule has 0 aromatic heterocycles. The van der Waals surface area contributed by atoms with Crippen LogP contribution < -0.4 is 20.5 Å². The van der Waals surface area contributed by atoms with E-state index < -0.39 is 0 Å². The highest BCUT2D eigenvalue weighted by Crippen LogP contribution is 2.35. The summed E-state index contributed by atoms with van der Waals surface area (Å²) in [6.07, 6.45) is 2.21. The van der Waals surface area contributed by atoms with E-state index in [2.05, 4.69) is 12.2 Å². The summed E-state index contributed by atoms with van der Waals surface area (Å²) in [5.41, 5.74) is 6.94. The maximum atomic E-state index is 12.3. The molecule has 0 saturated carbocycles. The molecule has 1 aliphatic rings. The molecule has 1 aromatic carbocycles. The molecule has 3 N–H and O–H groups in total. The van der Waals surface area contributed by atoms with E-state index in [0.717, 1.165) is 19.5 Å². The van der Waals surface area contributed by atoms with Crippen LogP contribution in [0.2, 0.25) is 0 Å². The number of likely N-dealkylation sites (tertiary alicyclic amines) is 1. The minimum absolute atomic E-state index is 0.125. The molecule has 21 heavy (non-hydrogen) atoms. The van der Waals surface area contributed by atoms with Crippen LogP contribution in [0.5, 0.6) is 11.5 Å². The third kappa shape index (κ3) is 3.51. The van der Waals surface area contributed by atoms with Gasteiger partial charge in [0.2, 0.25) is 0 Å². The predicted octanol–water partition coefficient (Wildman–Crippen LogP) is 2.55.